The SMILES string of the molecule is CC[C@H](C)[C@H](NC(=O)[C@H](Cc1ccc(O)cc1)NC(=O)[C@H](Cc1cnc[nH]1)NC(=O)[C@@H](N)CCCN=C(N)N)C(=O)N[C@@H](CC(N)=O)C(=O)N[C@@H](CC(C)C)C(=O)N[C@H](C(=O)N1CCC[C@H]1C(=O)N[C@@H](CCCN=C(N)N)C(=O)N1CCC[C@H]1C(=O)N[C@@H](CCCN=C(N)N)C(=O)N[C@@H](Cc1ccc(O)cc1)C(N)=O)[C@@H](C)CC. The molecule has 2 aliphatic heterocycles. The Labute approximate surface area is 661 Å². The Bertz CT molecular complexity index is 3830. The first-order valence-corrected chi connectivity index (χ1v) is 38.4. The molecule has 0 aliphatic carbocycles. The highest BCUT2D eigenvalue weighted by Crippen LogP contribution is 2.26. The summed E-state index contributed by atoms with van der Waals surface area (Å²) in [6.07, 6.45) is 3.66. The monoisotopic (exact) mass is 1600 g/mol. The minimum atomic E-state index is -1.78. The van der Waals surface area contributed by atoms with Crippen LogP contribution in [-0.4, -0.2) is 230 Å². The fraction of sp³-hybridized carbons (Fsp3) is 0.581. The van der Waals surface area contributed by atoms with E-state index in [0.29, 0.717) is 42.5 Å². The molecular formula is C74H117N25O15. The number of nitrogens with zero attached hydrogens (tertiary/aromatic N) is 6. The summed E-state index contributed by atoms with van der Waals surface area (Å²) in [5.74, 6) is -13.2. The number of aliphatic imine (C=N–C) groups is 3. The van der Waals surface area contributed by atoms with Gasteiger partial charge in [0.2, 0.25) is 76.8 Å². The van der Waals surface area contributed by atoms with Gasteiger partial charge in [-0.2, -0.15) is 0 Å². The first kappa shape index (κ1) is 92.7. The Kier molecular flexibility index (Phi) is 37.6. The number of amides is 13. The number of hydrogen-bond donors (Lipinski definition) is 21. The molecule has 0 radical (unpaired) electrons. The van der Waals surface area contributed by atoms with E-state index in [1.807, 2.05) is 0 Å². The van der Waals surface area contributed by atoms with E-state index >= 15 is 4.79 Å². The number of phenols is 2. The van der Waals surface area contributed by atoms with Crippen LogP contribution in [0.25, 0.3) is 0 Å². The number of benzene rings is 2. The Morgan fingerprint density at radius 2 is 0.895 bits per heavy atom. The van der Waals surface area contributed by atoms with Crippen molar-refractivity contribution in [1.29, 1.82) is 0 Å². The van der Waals surface area contributed by atoms with Gasteiger partial charge in [0.15, 0.2) is 17.9 Å². The van der Waals surface area contributed by atoms with Crippen LogP contribution in [-0.2, 0) is 81.6 Å². The van der Waals surface area contributed by atoms with Crippen molar-refractivity contribution in [3.63, 3.8) is 0 Å². The number of primary amides is 2. The van der Waals surface area contributed by atoms with E-state index in [0.717, 1.165) is 0 Å². The molecule has 0 bridgehead atoms. The fourth-order valence-corrected chi connectivity index (χ4v) is 13.1. The van der Waals surface area contributed by atoms with Crippen molar-refractivity contribution in [1.82, 2.24) is 67.6 Å². The van der Waals surface area contributed by atoms with E-state index in [2.05, 4.69) is 72.8 Å². The zero-order valence-electron chi connectivity index (χ0n) is 65.6. The number of H-pyrrole nitrogens is 1. The van der Waals surface area contributed by atoms with Gasteiger partial charge in [0.1, 0.15) is 78.0 Å². The molecular weight excluding hydrogens is 1480 g/mol. The second kappa shape index (κ2) is 46.2. The van der Waals surface area contributed by atoms with Gasteiger partial charge in [-0.1, -0.05) is 78.6 Å². The Morgan fingerprint density at radius 1 is 0.482 bits per heavy atom. The summed E-state index contributed by atoms with van der Waals surface area (Å²) < 4.78 is 0. The number of aromatic nitrogens is 2. The van der Waals surface area contributed by atoms with Crippen molar-refractivity contribution >= 4 is 94.7 Å². The highest BCUT2D eigenvalue weighted by atomic mass is 16.3. The van der Waals surface area contributed by atoms with Crippen molar-refractivity contribution in [3.8, 4) is 11.5 Å². The van der Waals surface area contributed by atoms with Gasteiger partial charge in [-0.3, -0.25) is 77.3 Å². The number of carbonyl (C=O) groups is 13. The summed E-state index contributed by atoms with van der Waals surface area (Å²) in [5, 5.41) is 44.2. The predicted molar refractivity (Wildman–Crippen MR) is 422 cm³/mol. The third-order valence-electron chi connectivity index (χ3n) is 19.7. The van der Waals surface area contributed by atoms with Gasteiger partial charge in [0.05, 0.1) is 18.8 Å². The lowest BCUT2D eigenvalue weighted by atomic mass is 9.95. The van der Waals surface area contributed by atoms with Crippen LogP contribution >= 0.6 is 0 Å². The topological polar surface area (TPSA) is 677 Å². The molecule has 5 rings (SSSR count). The van der Waals surface area contributed by atoms with Crippen LogP contribution in [0.4, 0.5) is 0 Å². The summed E-state index contributed by atoms with van der Waals surface area (Å²) in [6, 6.07) is -4.61. The van der Waals surface area contributed by atoms with Crippen molar-refractivity contribution in [2.24, 2.45) is 84.3 Å². The van der Waals surface area contributed by atoms with Crippen LogP contribution < -0.4 is 99.5 Å². The summed E-state index contributed by atoms with van der Waals surface area (Å²) in [5.41, 5.74) is 52.3. The molecule has 30 N–H and O–H groups in total. The molecule has 40 heteroatoms. The molecule has 13 amide bonds. The molecule has 0 spiro atoms. The van der Waals surface area contributed by atoms with E-state index in [1.54, 1.807) is 53.7 Å². The minimum Gasteiger partial charge on any atom is -0.508 e. The van der Waals surface area contributed by atoms with Gasteiger partial charge >= 0.3 is 0 Å². The molecule has 2 aliphatic rings. The highest BCUT2D eigenvalue weighted by Gasteiger charge is 2.44. The average molecular weight is 1600 g/mol. The second-order valence-electron chi connectivity index (χ2n) is 29.2. The third kappa shape index (κ3) is 30.3. The van der Waals surface area contributed by atoms with Crippen LogP contribution in [0, 0.1) is 17.8 Å². The normalized spacial score (nSPS) is 17.0. The van der Waals surface area contributed by atoms with Crippen LogP contribution in [0.3, 0.4) is 0 Å². The molecule has 3 aromatic rings. The Balaban J connectivity index is 1.35. The molecule has 0 saturated carbocycles. The van der Waals surface area contributed by atoms with Gasteiger partial charge in [0.25, 0.3) is 0 Å². The van der Waals surface area contributed by atoms with E-state index in [9.17, 15) is 67.7 Å². The number of guanidine groups is 3. The number of aromatic hydroxyl groups is 2. The Morgan fingerprint density at radius 3 is 1.39 bits per heavy atom. The number of aromatic amines is 1. The quantitative estimate of drug-likeness (QED) is 0.0143. The fourth-order valence-electron chi connectivity index (χ4n) is 13.1. The summed E-state index contributed by atoms with van der Waals surface area (Å²) in [6.45, 7) is 10.7. The lowest BCUT2D eigenvalue weighted by Gasteiger charge is -2.34. The standard InChI is InChI=1S/C74H117N25O15/c1-7-40(5)58(96-66(109)52(34-43-21-25-46(101)26-22-43)94-63(106)53(35-44-37-84-38-88-44)92-61(104)47(75)14-9-27-85-72(78)79)69(112)95-54(36-57(76)102)64(107)93-51(32-39(3)4)65(108)97-59(41(6)8-2)71(114)99-31-13-18-56(99)68(111)90-49(16-11-29-87-74(82)83)70(113)98-30-12-17-55(98)67(110)89-48(15-10-28-86-73(80)81)62(105)91-50(60(77)103)33-42-19-23-45(100)24-20-42/h19-26,37-41,47-56,58-59,100-101H,7-18,27-36,75H2,1-6H3,(H2,76,102)(H2,77,103)(H,84,88)(H,89,110)(H,90,111)(H,91,105)(H,92,104)(H,93,107)(H,94,106)(H,95,112)(H,96,109)(H,97,108)(H4,78,79,85)(H4,80,81,86)(H4,82,83,87)/t40-,41-,47-,48-,49-,50-,51-,52-,53-,54-,55-,56-,58-,59-/m0/s1. The zero-order chi connectivity index (χ0) is 84.5. The Hall–Kier alpha value is -11.9. The largest absolute Gasteiger partial charge is 0.508 e. The van der Waals surface area contributed by atoms with Crippen molar-refractivity contribution in [2.45, 2.75) is 223 Å². The van der Waals surface area contributed by atoms with E-state index in [-0.39, 0.29) is 145 Å². The lowest BCUT2D eigenvalue weighted by molar-refractivity contribution is -0.145. The van der Waals surface area contributed by atoms with Crippen LogP contribution in [0.5, 0.6) is 11.5 Å². The van der Waals surface area contributed by atoms with Gasteiger partial charge in [-0.15, -0.1) is 0 Å². The number of imidazole rings is 1. The third-order valence-corrected chi connectivity index (χ3v) is 19.7. The van der Waals surface area contributed by atoms with Gasteiger partial charge in [0, 0.05) is 63.9 Å². The van der Waals surface area contributed by atoms with E-state index in [1.165, 1.54) is 58.7 Å². The van der Waals surface area contributed by atoms with Gasteiger partial charge < -0.3 is 124 Å². The minimum absolute atomic E-state index is 0.0287. The summed E-state index contributed by atoms with van der Waals surface area (Å²) in [7, 11) is 0. The molecule has 14 atom stereocenters. The molecule has 114 heavy (non-hydrogen) atoms. The van der Waals surface area contributed by atoms with Crippen molar-refractivity contribution < 1.29 is 72.5 Å². The second-order valence-corrected chi connectivity index (χ2v) is 29.2. The lowest BCUT2D eigenvalue weighted by Crippen LogP contribution is -2.62. The van der Waals surface area contributed by atoms with E-state index in [4.69, 9.17) is 51.6 Å². The molecule has 3 heterocycles. The molecule has 2 aromatic carbocycles. The molecule has 2 saturated heterocycles. The number of rotatable bonds is 47. The van der Waals surface area contributed by atoms with Crippen LogP contribution in [0.1, 0.15) is 148 Å². The molecule has 1 aromatic heterocycles. The van der Waals surface area contributed by atoms with Crippen LogP contribution in [0.2, 0.25) is 0 Å². The highest BCUT2D eigenvalue weighted by molar-refractivity contribution is 6.01. The first-order chi connectivity index (χ1) is 54.0. The predicted octanol–water partition coefficient (Wildman–Crippen LogP) is -4.82. The number of likely N-dealkylation sites (tertiary alicyclic amines) is 2. The smallest absolute Gasteiger partial charge is 0.246 e. The van der Waals surface area contributed by atoms with E-state index < -0.39 is 168 Å². The molecule has 40 nitrogen and oxygen atoms in total. The van der Waals surface area contributed by atoms with Crippen LogP contribution in [0.15, 0.2) is 76.0 Å². The maximum atomic E-state index is 15.1. The number of hydrogen-bond acceptors (Lipinski definition) is 20. The summed E-state index contributed by atoms with van der Waals surface area (Å²) >= 11 is 0. The number of nitrogens with two attached hydrogens (primary N) is 9. The maximum Gasteiger partial charge on any atom is 0.246 e. The maximum absolute atomic E-state index is 15.1. The zero-order valence-corrected chi connectivity index (χ0v) is 65.6. The van der Waals surface area contributed by atoms with Crippen molar-refractivity contribution in [2.75, 3.05) is 32.7 Å². The first-order valence-electron chi connectivity index (χ1n) is 38.4. The van der Waals surface area contributed by atoms with Gasteiger partial charge in [-0.05, 0) is 124 Å². The number of phenolic OH excluding ortho intramolecular Hbond substituents is 2. The molecule has 0 unspecified atom stereocenters. The molecule has 2 fully saturated rings. The molecule has 628 valence electrons. The average Bonchev–Trinajstić information content (AvgIpc) is 1.64. The number of nitrogens with one attached hydrogen (secondary N) is 10. The number of carbonyl (C=O) groups excluding carboxylic acids is 13. The van der Waals surface area contributed by atoms with Crippen molar-refractivity contribution in [3.05, 3.63) is 77.9 Å². The van der Waals surface area contributed by atoms with Gasteiger partial charge in [-0.25, -0.2) is 4.98 Å². The summed E-state index contributed by atoms with van der Waals surface area (Å²) in [4.78, 5) is 207.